The Morgan fingerprint density at radius 3 is 2.48 bits per heavy atom. The summed E-state index contributed by atoms with van der Waals surface area (Å²) < 4.78 is 1.67. The quantitative estimate of drug-likeness (QED) is 0.756. The maximum absolute atomic E-state index is 12.1. The molecule has 0 fully saturated rings. The molecule has 0 saturated carbocycles. The fraction of sp³-hybridized carbons (Fsp3) is 0.0526. The largest absolute Gasteiger partial charge is 0.341 e. The number of nitrogens with one attached hydrogen (secondary N) is 1. The molecule has 0 aliphatic heterocycles. The molecule has 1 heterocycles. The van der Waals surface area contributed by atoms with Gasteiger partial charge in [0.15, 0.2) is 0 Å². The van der Waals surface area contributed by atoms with Crippen molar-refractivity contribution in [3.05, 3.63) is 84.2 Å². The zero-order valence-electron chi connectivity index (χ0n) is 12.4. The van der Waals surface area contributed by atoms with Crippen molar-refractivity contribution in [3.8, 4) is 17.5 Å². The van der Waals surface area contributed by atoms with E-state index in [1.165, 1.54) is 0 Å². The topological polar surface area (TPSA) is 46.9 Å². The first-order valence-electron chi connectivity index (χ1n) is 7.25. The predicted molar refractivity (Wildman–Crippen MR) is 89.2 cm³/mol. The van der Waals surface area contributed by atoms with E-state index >= 15 is 0 Å². The third-order valence-electron chi connectivity index (χ3n) is 3.21. The number of hydrogen-bond donors (Lipinski definition) is 1. The van der Waals surface area contributed by atoms with Crippen LogP contribution in [0.3, 0.4) is 0 Å². The molecule has 4 heteroatoms. The van der Waals surface area contributed by atoms with Crippen LogP contribution in [0.2, 0.25) is 0 Å². The predicted octanol–water partition coefficient (Wildman–Crippen LogP) is 2.65. The molecule has 112 valence electrons. The SMILES string of the molecule is O=C(NCC#Cc1ccccc1)c1cnn(-c2ccccc2)c1. The number of benzene rings is 2. The lowest BCUT2D eigenvalue weighted by Gasteiger charge is -1.99. The summed E-state index contributed by atoms with van der Waals surface area (Å²) in [5.74, 6) is 5.74. The van der Waals surface area contributed by atoms with Crippen molar-refractivity contribution >= 4 is 5.91 Å². The Labute approximate surface area is 134 Å². The summed E-state index contributed by atoms with van der Waals surface area (Å²) in [5.41, 5.74) is 2.35. The van der Waals surface area contributed by atoms with E-state index in [1.54, 1.807) is 17.1 Å². The minimum atomic E-state index is -0.186. The summed E-state index contributed by atoms with van der Waals surface area (Å²) in [6.45, 7) is 0.296. The third kappa shape index (κ3) is 3.86. The molecule has 1 amide bonds. The highest BCUT2D eigenvalue weighted by Crippen LogP contribution is 2.07. The van der Waals surface area contributed by atoms with Gasteiger partial charge in [-0.1, -0.05) is 48.2 Å². The number of nitrogens with zero attached hydrogens (tertiary/aromatic N) is 2. The molecule has 2 aromatic carbocycles. The monoisotopic (exact) mass is 301 g/mol. The first kappa shape index (κ1) is 14.6. The van der Waals surface area contributed by atoms with Gasteiger partial charge in [-0.25, -0.2) is 4.68 Å². The van der Waals surface area contributed by atoms with Crippen LogP contribution < -0.4 is 5.32 Å². The normalized spacial score (nSPS) is 9.74. The van der Waals surface area contributed by atoms with Crippen LogP contribution in [0.4, 0.5) is 0 Å². The van der Waals surface area contributed by atoms with Gasteiger partial charge in [-0.3, -0.25) is 4.79 Å². The Hall–Kier alpha value is -3.32. The molecule has 0 unspecified atom stereocenters. The van der Waals surface area contributed by atoms with Crippen LogP contribution >= 0.6 is 0 Å². The van der Waals surface area contributed by atoms with Gasteiger partial charge in [0, 0.05) is 11.8 Å². The van der Waals surface area contributed by atoms with E-state index in [1.807, 2.05) is 60.7 Å². The van der Waals surface area contributed by atoms with Gasteiger partial charge in [0.25, 0.3) is 5.91 Å². The van der Waals surface area contributed by atoms with Gasteiger partial charge in [-0.15, -0.1) is 0 Å². The molecule has 1 aromatic heterocycles. The molecule has 3 aromatic rings. The highest BCUT2D eigenvalue weighted by atomic mass is 16.1. The molecule has 0 radical (unpaired) electrons. The zero-order valence-corrected chi connectivity index (χ0v) is 12.4. The van der Waals surface area contributed by atoms with E-state index in [9.17, 15) is 4.79 Å². The minimum absolute atomic E-state index is 0.186. The van der Waals surface area contributed by atoms with Gasteiger partial charge in [0.2, 0.25) is 0 Å². The number of amides is 1. The molecule has 0 aliphatic rings. The lowest BCUT2D eigenvalue weighted by atomic mass is 10.2. The maximum Gasteiger partial charge on any atom is 0.255 e. The van der Waals surface area contributed by atoms with Crippen molar-refractivity contribution in [1.82, 2.24) is 15.1 Å². The van der Waals surface area contributed by atoms with Crippen LogP contribution in [0.1, 0.15) is 15.9 Å². The van der Waals surface area contributed by atoms with E-state index in [-0.39, 0.29) is 5.91 Å². The summed E-state index contributed by atoms with van der Waals surface area (Å²) in [4.78, 5) is 12.1. The molecule has 1 N–H and O–H groups in total. The highest BCUT2D eigenvalue weighted by molar-refractivity contribution is 5.93. The van der Waals surface area contributed by atoms with Crippen molar-refractivity contribution < 1.29 is 4.79 Å². The van der Waals surface area contributed by atoms with E-state index in [2.05, 4.69) is 22.3 Å². The Bertz CT molecular complexity index is 842. The Kier molecular flexibility index (Phi) is 4.51. The van der Waals surface area contributed by atoms with Crippen molar-refractivity contribution in [2.45, 2.75) is 0 Å². The summed E-state index contributed by atoms with van der Waals surface area (Å²) in [5, 5.41) is 6.97. The molecule has 4 nitrogen and oxygen atoms in total. The summed E-state index contributed by atoms with van der Waals surface area (Å²) in [6, 6.07) is 19.3. The van der Waals surface area contributed by atoms with E-state index in [0.29, 0.717) is 12.1 Å². The number of para-hydroxylation sites is 1. The lowest BCUT2D eigenvalue weighted by Crippen LogP contribution is -2.23. The van der Waals surface area contributed by atoms with Crippen LogP contribution in [0.5, 0.6) is 0 Å². The van der Waals surface area contributed by atoms with E-state index < -0.39 is 0 Å². The van der Waals surface area contributed by atoms with E-state index in [4.69, 9.17) is 0 Å². The zero-order chi connectivity index (χ0) is 15.9. The highest BCUT2D eigenvalue weighted by Gasteiger charge is 2.08. The molecule has 3 rings (SSSR count). The van der Waals surface area contributed by atoms with Crippen LogP contribution in [0.25, 0.3) is 5.69 Å². The number of aromatic nitrogens is 2. The number of hydrogen-bond acceptors (Lipinski definition) is 2. The number of rotatable bonds is 3. The minimum Gasteiger partial charge on any atom is -0.341 e. The van der Waals surface area contributed by atoms with E-state index in [0.717, 1.165) is 11.3 Å². The second-order valence-electron chi connectivity index (χ2n) is 4.86. The molecular weight excluding hydrogens is 286 g/mol. The average Bonchev–Trinajstić information content (AvgIpc) is 3.10. The second-order valence-corrected chi connectivity index (χ2v) is 4.86. The molecular formula is C19H15N3O. The van der Waals surface area contributed by atoms with Crippen LogP contribution in [0, 0.1) is 11.8 Å². The van der Waals surface area contributed by atoms with Crippen molar-refractivity contribution in [3.63, 3.8) is 0 Å². The van der Waals surface area contributed by atoms with Crippen molar-refractivity contribution in [2.75, 3.05) is 6.54 Å². The van der Waals surface area contributed by atoms with Crippen molar-refractivity contribution in [2.24, 2.45) is 0 Å². The Balaban J connectivity index is 1.59. The van der Waals surface area contributed by atoms with Gasteiger partial charge in [0.05, 0.1) is 24.0 Å². The number of carbonyl (C=O) groups is 1. The average molecular weight is 301 g/mol. The van der Waals surface area contributed by atoms with Crippen LogP contribution in [0.15, 0.2) is 73.1 Å². The fourth-order valence-electron chi connectivity index (χ4n) is 2.06. The fourth-order valence-corrected chi connectivity index (χ4v) is 2.06. The van der Waals surface area contributed by atoms with Crippen LogP contribution in [-0.2, 0) is 0 Å². The maximum atomic E-state index is 12.1. The summed E-state index contributed by atoms with van der Waals surface area (Å²) >= 11 is 0. The molecule has 0 spiro atoms. The molecule has 0 bridgehead atoms. The van der Waals surface area contributed by atoms with Gasteiger partial charge in [0.1, 0.15) is 0 Å². The Morgan fingerprint density at radius 1 is 1.04 bits per heavy atom. The van der Waals surface area contributed by atoms with Crippen molar-refractivity contribution in [1.29, 1.82) is 0 Å². The lowest BCUT2D eigenvalue weighted by molar-refractivity contribution is 0.0958. The molecule has 0 aliphatic carbocycles. The van der Waals surface area contributed by atoms with Crippen LogP contribution in [-0.4, -0.2) is 22.2 Å². The second kappa shape index (κ2) is 7.10. The molecule has 0 saturated heterocycles. The molecule has 23 heavy (non-hydrogen) atoms. The van der Waals surface area contributed by atoms with Gasteiger partial charge < -0.3 is 5.32 Å². The Morgan fingerprint density at radius 2 is 1.74 bits per heavy atom. The standard InChI is InChI=1S/C19H15N3O/c23-19(20-13-7-10-16-8-3-1-4-9-16)17-14-21-22(15-17)18-11-5-2-6-12-18/h1-6,8-9,11-12,14-15H,13H2,(H,20,23). The first-order chi connectivity index (χ1) is 11.3. The van der Waals surface area contributed by atoms with Gasteiger partial charge >= 0.3 is 0 Å². The smallest absolute Gasteiger partial charge is 0.255 e. The van der Waals surface area contributed by atoms with Gasteiger partial charge in [-0.05, 0) is 24.3 Å². The molecule has 0 atom stereocenters. The summed E-state index contributed by atoms with van der Waals surface area (Å²) in [7, 11) is 0. The van der Waals surface area contributed by atoms with Gasteiger partial charge in [-0.2, -0.15) is 5.10 Å². The summed E-state index contributed by atoms with van der Waals surface area (Å²) in [6.07, 6.45) is 3.25. The first-order valence-corrected chi connectivity index (χ1v) is 7.25. The third-order valence-corrected chi connectivity index (χ3v) is 3.21. The number of carbonyl (C=O) groups excluding carboxylic acids is 1.